The monoisotopic (exact) mass is 672 g/mol. The third kappa shape index (κ3) is 5.13. The van der Waals surface area contributed by atoms with Crippen LogP contribution in [0.4, 0.5) is 31.7 Å². The zero-order chi connectivity index (χ0) is 27.4. The Hall–Kier alpha value is -2.71. The Labute approximate surface area is 234 Å². The van der Waals surface area contributed by atoms with Crippen LogP contribution in [-0.2, 0) is 22.8 Å². The van der Waals surface area contributed by atoms with Crippen molar-refractivity contribution in [3.63, 3.8) is 0 Å². The number of halogens is 3. The van der Waals surface area contributed by atoms with Crippen LogP contribution in [-0.4, -0.2) is 53.4 Å². The van der Waals surface area contributed by atoms with Crippen LogP contribution in [0.25, 0.3) is 22.3 Å². The number of imidazole rings is 1. The number of anilines is 4. The molecule has 1 saturated carbocycles. The summed E-state index contributed by atoms with van der Waals surface area (Å²) in [6.07, 6.45) is 5.04. The van der Waals surface area contributed by atoms with Gasteiger partial charge in [-0.3, -0.25) is 18.1 Å². The lowest BCUT2D eigenvalue weighted by molar-refractivity contribution is -0.119. The van der Waals surface area contributed by atoms with Crippen molar-refractivity contribution in [2.75, 3.05) is 28.2 Å². The van der Waals surface area contributed by atoms with E-state index >= 15 is 0 Å². The highest BCUT2D eigenvalue weighted by Crippen LogP contribution is 2.49. The van der Waals surface area contributed by atoms with Gasteiger partial charge in [-0.15, -0.1) is 0 Å². The fraction of sp³-hybridized carbons (Fsp3) is 0.304. The Morgan fingerprint density at radius 1 is 1.26 bits per heavy atom. The number of alkyl halides is 2. The zero-order valence-corrected chi connectivity index (χ0v) is 24.8. The summed E-state index contributed by atoms with van der Waals surface area (Å²) in [7, 11) is 2.24. The van der Waals surface area contributed by atoms with Gasteiger partial charge in [0.2, 0.25) is 5.91 Å². The van der Waals surface area contributed by atoms with Crippen molar-refractivity contribution in [1.82, 2.24) is 24.1 Å². The van der Waals surface area contributed by atoms with Crippen LogP contribution in [0.5, 0.6) is 0 Å². The van der Waals surface area contributed by atoms with Gasteiger partial charge in [-0.05, 0) is 46.7 Å². The molecule has 5 rings (SSSR count). The first-order valence-electron chi connectivity index (χ1n) is 11.4. The Morgan fingerprint density at radius 3 is 2.61 bits per heavy atom. The number of amides is 1. The highest BCUT2D eigenvalue weighted by molar-refractivity contribution is 14.2. The fourth-order valence-electron chi connectivity index (χ4n) is 4.06. The number of fused-ring (bicyclic) bond motifs is 1. The smallest absolute Gasteiger partial charge is 0.260 e. The molecule has 0 saturated heterocycles. The summed E-state index contributed by atoms with van der Waals surface area (Å²) in [5.74, 6) is -4.24. The molecule has 10 nitrogen and oxygen atoms in total. The molecule has 3 aromatic heterocycles. The van der Waals surface area contributed by atoms with E-state index < -0.39 is 35.2 Å². The van der Waals surface area contributed by atoms with Crippen LogP contribution < -0.4 is 14.9 Å². The lowest BCUT2D eigenvalue weighted by atomic mass is 10.1. The molecule has 0 radical (unpaired) electrons. The number of nitrogens with one attached hydrogen (secondary N) is 2. The Morgan fingerprint density at radius 2 is 2.00 bits per heavy atom. The van der Waals surface area contributed by atoms with Crippen molar-refractivity contribution >= 4 is 79.4 Å². The number of hydrogen-bond acceptors (Lipinski definition) is 6. The second-order valence-corrected chi connectivity index (χ2v) is 12.5. The van der Waals surface area contributed by atoms with Gasteiger partial charge in [0.15, 0.2) is 5.65 Å². The number of nitrogens with zero attached hydrogens (tertiary/aromatic N) is 6. The van der Waals surface area contributed by atoms with Gasteiger partial charge in [-0.2, -0.15) is 5.10 Å². The topological polar surface area (TPSA) is 110 Å². The molecule has 0 bridgehead atoms. The molecule has 1 amide bonds. The van der Waals surface area contributed by atoms with Crippen LogP contribution >= 0.6 is 28.4 Å². The molecule has 4 aromatic rings. The van der Waals surface area contributed by atoms with Gasteiger partial charge >= 0.3 is 0 Å². The summed E-state index contributed by atoms with van der Waals surface area (Å²) in [4.78, 5) is 21.6. The minimum Gasteiger partial charge on any atom is -0.352 e. The number of aryl methyl sites for hydroxylation is 2. The van der Waals surface area contributed by atoms with Gasteiger partial charge in [0, 0.05) is 44.6 Å². The van der Waals surface area contributed by atoms with Crippen molar-refractivity contribution in [2.45, 2.75) is 19.3 Å². The van der Waals surface area contributed by atoms with Gasteiger partial charge in [0.1, 0.15) is 34.1 Å². The van der Waals surface area contributed by atoms with Gasteiger partial charge in [-0.1, -0.05) is 6.07 Å². The van der Waals surface area contributed by atoms with Crippen LogP contribution in [0.1, 0.15) is 12.2 Å². The van der Waals surface area contributed by atoms with Crippen molar-refractivity contribution in [2.24, 2.45) is 13.0 Å². The largest absolute Gasteiger partial charge is 0.352 e. The first-order valence-corrected chi connectivity index (χ1v) is 17.0. The molecule has 1 fully saturated rings. The molecule has 1 aromatic carbocycles. The number of aromatic nitrogens is 5. The zero-order valence-electron chi connectivity index (χ0n) is 20.8. The van der Waals surface area contributed by atoms with E-state index in [9.17, 15) is 17.8 Å². The Kier molecular flexibility index (Phi) is 7.16. The molecule has 1 aliphatic carbocycles. The summed E-state index contributed by atoms with van der Waals surface area (Å²) < 4.78 is 44.7. The lowest BCUT2D eigenvalue weighted by Crippen LogP contribution is -2.20. The van der Waals surface area contributed by atoms with E-state index in [1.54, 1.807) is 34.6 Å². The van der Waals surface area contributed by atoms with Crippen LogP contribution in [0.15, 0.2) is 36.7 Å². The maximum absolute atomic E-state index is 13.5. The molecule has 1 aliphatic rings. The molecule has 3 heterocycles. The molecule has 3 atom stereocenters. The van der Waals surface area contributed by atoms with Crippen LogP contribution in [0.2, 0.25) is 0 Å². The highest BCUT2D eigenvalue weighted by Gasteiger charge is 2.61. The number of pyridine rings is 1. The van der Waals surface area contributed by atoms with Crippen molar-refractivity contribution in [3.8, 4) is 11.1 Å². The van der Waals surface area contributed by atoms with Crippen molar-refractivity contribution < 1.29 is 17.8 Å². The molecule has 0 aliphatic heterocycles. The summed E-state index contributed by atoms with van der Waals surface area (Å²) in [5, 5.41) is 10.1. The van der Waals surface area contributed by atoms with E-state index in [-0.39, 0.29) is 12.2 Å². The predicted octanol–water partition coefficient (Wildman–Crippen LogP) is 5.00. The molecular weight excluding hydrogens is 648 g/mol. The van der Waals surface area contributed by atoms with E-state index in [4.69, 9.17) is 0 Å². The molecule has 3 unspecified atom stereocenters. The molecule has 15 heteroatoms. The van der Waals surface area contributed by atoms with E-state index in [0.717, 1.165) is 17.0 Å². The number of benzene rings is 1. The van der Waals surface area contributed by atoms with Gasteiger partial charge < -0.3 is 10.6 Å². The maximum atomic E-state index is 13.5. The van der Waals surface area contributed by atoms with Crippen molar-refractivity contribution in [3.05, 3.63) is 42.5 Å². The third-order valence-electron chi connectivity index (χ3n) is 6.29. The minimum absolute atomic E-state index is 0.143. The van der Waals surface area contributed by atoms with Crippen molar-refractivity contribution in [1.29, 1.82) is 0 Å². The number of carbonyl (C=O) groups excluding carboxylic acids is 1. The number of rotatable bonds is 8. The van der Waals surface area contributed by atoms with E-state index in [2.05, 4.69) is 47.7 Å². The summed E-state index contributed by atoms with van der Waals surface area (Å²) in [6, 6.07) is 7.27. The molecule has 0 spiro atoms. The fourth-order valence-corrected chi connectivity index (χ4v) is 6.63. The average molecular weight is 672 g/mol. The average Bonchev–Trinajstić information content (AvgIpc) is 3.14. The Bertz CT molecular complexity index is 1590. The van der Waals surface area contributed by atoms with E-state index in [1.807, 2.05) is 42.7 Å². The summed E-state index contributed by atoms with van der Waals surface area (Å²) in [6.45, 7) is 1.85. The van der Waals surface area contributed by atoms with Gasteiger partial charge in [0.05, 0.1) is 29.6 Å². The van der Waals surface area contributed by atoms with E-state index in [0.29, 0.717) is 28.2 Å². The standard InChI is InChI=1S/C23H24F2IN8O2PS/c1-12-28-20-17(8-19(30-21(20)34(12)37-26)31-22(35)15-9-23(15,24)25)29-16-6-5-13(14-10-27-32(2)11-14)7-18(16)33(3)38(4)36/h5-8,10-11,15,37H,9H2,1-4H3,(H2,29,30,31,35). The number of carbonyl (C=O) groups is 1. The second kappa shape index (κ2) is 10.1. The quantitative estimate of drug-likeness (QED) is 0.202. The van der Waals surface area contributed by atoms with Gasteiger partial charge in [-0.25, -0.2) is 23.0 Å². The molecular formula is C23H24F2IN8O2PS. The highest BCUT2D eigenvalue weighted by atomic mass is 127. The molecule has 38 heavy (non-hydrogen) atoms. The van der Waals surface area contributed by atoms with Gasteiger partial charge in [0.25, 0.3) is 5.92 Å². The normalized spacial score (nSPS) is 17.2. The first kappa shape index (κ1) is 26.9. The summed E-state index contributed by atoms with van der Waals surface area (Å²) >= 11 is 2.21. The Balaban J connectivity index is 1.58. The van der Waals surface area contributed by atoms with Crippen LogP contribution in [0.3, 0.4) is 0 Å². The lowest BCUT2D eigenvalue weighted by Gasteiger charge is -2.21. The molecule has 200 valence electrons. The third-order valence-corrected chi connectivity index (χ3v) is 9.41. The number of hydrogen-bond donors (Lipinski definition) is 2. The molecule has 2 N–H and O–H groups in total. The maximum Gasteiger partial charge on any atom is 0.260 e. The summed E-state index contributed by atoms with van der Waals surface area (Å²) in [5.41, 5.74) is 4.69. The van der Waals surface area contributed by atoms with E-state index in [1.165, 1.54) is 0 Å². The minimum atomic E-state index is -2.98. The predicted molar refractivity (Wildman–Crippen MR) is 156 cm³/mol. The van der Waals surface area contributed by atoms with Crippen LogP contribution in [0, 0.1) is 12.8 Å². The SMILES string of the molecule is Cc1nc2c(Nc3ccc(-c4cnn(C)c4)cc3N(C)S(C)=O)cc(NC(=O)C3CC3(F)F)nc2n1PI. The first-order chi connectivity index (χ1) is 18.0. The second-order valence-electron chi connectivity index (χ2n) is 8.99.